The molecule has 1 aliphatic heterocycles. The summed E-state index contributed by atoms with van der Waals surface area (Å²) in [6.45, 7) is 14.3. The van der Waals surface area contributed by atoms with Crippen LogP contribution in [-0.2, 0) is 20.4 Å². The van der Waals surface area contributed by atoms with Crippen LogP contribution in [0.15, 0.2) is 47.1 Å². The minimum absolute atomic E-state index is 0.246. The average Bonchev–Trinajstić information content (AvgIpc) is 2.95. The molecule has 152 valence electrons. The van der Waals surface area contributed by atoms with Gasteiger partial charge in [-0.2, -0.15) is 0 Å². The molecular formula is C25H29NO3. The van der Waals surface area contributed by atoms with Gasteiger partial charge in [-0.3, -0.25) is 0 Å². The van der Waals surface area contributed by atoms with Crippen molar-refractivity contribution in [2.45, 2.75) is 59.3 Å². The summed E-state index contributed by atoms with van der Waals surface area (Å²) < 4.78 is 5.43. The Kier molecular flexibility index (Phi) is 5.16. The molecule has 0 unspecified atom stereocenters. The van der Waals surface area contributed by atoms with Crippen molar-refractivity contribution in [3.05, 3.63) is 69.9 Å². The molecule has 4 nitrogen and oxygen atoms in total. The molecule has 0 saturated carbocycles. The number of carbonyl (C=O) groups is 1. The van der Waals surface area contributed by atoms with E-state index in [1.807, 2.05) is 43.3 Å². The summed E-state index contributed by atoms with van der Waals surface area (Å²) in [5.41, 5.74) is 4.07. The van der Waals surface area contributed by atoms with Crippen molar-refractivity contribution >= 4 is 17.9 Å². The number of hydrogen-bond acceptors (Lipinski definition) is 4. The first-order chi connectivity index (χ1) is 13.4. The highest BCUT2D eigenvalue weighted by Crippen LogP contribution is 2.40. The van der Waals surface area contributed by atoms with Gasteiger partial charge >= 0.3 is 5.97 Å². The van der Waals surface area contributed by atoms with Crippen LogP contribution in [0.4, 0.5) is 0 Å². The van der Waals surface area contributed by atoms with Gasteiger partial charge in [-0.15, -0.1) is 0 Å². The van der Waals surface area contributed by atoms with Crippen molar-refractivity contribution in [1.82, 2.24) is 0 Å². The van der Waals surface area contributed by atoms with Gasteiger partial charge in [0, 0.05) is 16.7 Å². The van der Waals surface area contributed by atoms with Crippen molar-refractivity contribution in [1.29, 1.82) is 0 Å². The lowest BCUT2D eigenvalue weighted by Gasteiger charge is -2.27. The lowest BCUT2D eigenvalue weighted by atomic mass is 9.78. The van der Waals surface area contributed by atoms with Gasteiger partial charge in [0.25, 0.3) is 0 Å². The van der Waals surface area contributed by atoms with E-state index < -0.39 is 5.97 Å². The normalized spacial score (nSPS) is 16.2. The van der Waals surface area contributed by atoms with Gasteiger partial charge in [0.15, 0.2) is 5.70 Å². The van der Waals surface area contributed by atoms with Crippen LogP contribution in [0.3, 0.4) is 0 Å². The number of aliphatic imine (C=N–C) groups is 1. The Morgan fingerprint density at radius 1 is 0.966 bits per heavy atom. The molecule has 0 atom stereocenters. The van der Waals surface area contributed by atoms with Crippen LogP contribution in [0.25, 0.3) is 6.08 Å². The Labute approximate surface area is 173 Å². The Hall–Kier alpha value is -2.88. The summed E-state index contributed by atoms with van der Waals surface area (Å²) in [5, 5.41) is 10.9. The van der Waals surface area contributed by atoms with E-state index >= 15 is 0 Å². The highest BCUT2D eigenvalue weighted by atomic mass is 16.6. The van der Waals surface area contributed by atoms with E-state index in [-0.39, 0.29) is 16.5 Å². The van der Waals surface area contributed by atoms with Gasteiger partial charge in [0.2, 0.25) is 5.90 Å². The fraction of sp³-hybridized carbons (Fsp3) is 0.360. The molecule has 1 N–H and O–H groups in total. The van der Waals surface area contributed by atoms with Crippen LogP contribution in [0.1, 0.15) is 69.4 Å². The number of cyclic esters (lactones) is 1. The van der Waals surface area contributed by atoms with Gasteiger partial charge in [-0.25, -0.2) is 9.79 Å². The van der Waals surface area contributed by atoms with Crippen LogP contribution >= 0.6 is 0 Å². The predicted octanol–water partition coefficient (Wildman–Crippen LogP) is 5.64. The molecule has 2 aromatic rings. The highest BCUT2D eigenvalue weighted by molar-refractivity contribution is 6.13. The third-order valence-corrected chi connectivity index (χ3v) is 5.05. The smallest absolute Gasteiger partial charge is 0.363 e. The Bertz CT molecular complexity index is 996. The number of aromatic hydroxyl groups is 1. The second-order valence-electron chi connectivity index (χ2n) is 9.62. The molecule has 2 aromatic carbocycles. The summed E-state index contributed by atoms with van der Waals surface area (Å²) in [5.74, 6) is 0.168. The Morgan fingerprint density at radius 3 is 2.03 bits per heavy atom. The summed E-state index contributed by atoms with van der Waals surface area (Å²) >= 11 is 0. The molecule has 1 heterocycles. The maximum Gasteiger partial charge on any atom is 0.363 e. The van der Waals surface area contributed by atoms with Gasteiger partial charge in [-0.1, -0.05) is 59.7 Å². The van der Waals surface area contributed by atoms with E-state index in [2.05, 4.69) is 46.5 Å². The molecule has 0 radical (unpaired) electrons. The topological polar surface area (TPSA) is 58.9 Å². The first-order valence-electron chi connectivity index (χ1n) is 9.84. The summed E-state index contributed by atoms with van der Waals surface area (Å²) in [6, 6.07) is 11.5. The number of phenols is 1. The minimum atomic E-state index is -0.467. The average molecular weight is 392 g/mol. The van der Waals surface area contributed by atoms with Crippen LogP contribution in [0, 0.1) is 6.92 Å². The van der Waals surface area contributed by atoms with E-state index in [9.17, 15) is 9.90 Å². The van der Waals surface area contributed by atoms with E-state index in [0.29, 0.717) is 11.6 Å². The summed E-state index contributed by atoms with van der Waals surface area (Å²) in [4.78, 5) is 16.9. The van der Waals surface area contributed by atoms with Crippen molar-refractivity contribution < 1.29 is 14.6 Å². The predicted molar refractivity (Wildman–Crippen MR) is 117 cm³/mol. The zero-order valence-corrected chi connectivity index (χ0v) is 18.3. The summed E-state index contributed by atoms with van der Waals surface area (Å²) in [7, 11) is 0. The molecule has 0 saturated heterocycles. The third kappa shape index (κ3) is 4.26. The minimum Gasteiger partial charge on any atom is -0.507 e. The number of hydrogen-bond donors (Lipinski definition) is 1. The van der Waals surface area contributed by atoms with E-state index in [1.54, 1.807) is 6.08 Å². The molecule has 1 aliphatic rings. The van der Waals surface area contributed by atoms with E-state index in [4.69, 9.17) is 4.74 Å². The maximum atomic E-state index is 12.4. The number of nitrogens with zero attached hydrogens (tertiary/aromatic N) is 1. The number of rotatable bonds is 2. The molecule has 0 amide bonds. The van der Waals surface area contributed by atoms with Gasteiger partial charge < -0.3 is 9.84 Å². The van der Waals surface area contributed by atoms with E-state index in [0.717, 1.165) is 27.8 Å². The molecule has 0 spiro atoms. The monoisotopic (exact) mass is 391 g/mol. The Morgan fingerprint density at radius 2 is 1.52 bits per heavy atom. The number of phenolic OH excluding ortho intramolecular Hbond substituents is 1. The molecule has 4 heteroatoms. The SMILES string of the molecule is Cc1ccccc1C1=NC(=Cc2cc(C(C)(C)C)c(O)c(C(C)(C)C)c2)C(=O)O1. The van der Waals surface area contributed by atoms with Gasteiger partial charge in [0.05, 0.1) is 0 Å². The Balaban J connectivity index is 2.12. The fourth-order valence-electron chi connectivity index (χ4n) is 3.38. The fourth-order valence-corrected chi connectivity index (χ4v) is 3.38. The van der Waals surface area contributed by atoms with Crippen molar-refractivity contribution in [2.24, 2.45) is 4.99 Å². The quantitative estimate of drug-likeness (QED) is 0.532. The van der Waals surface area contributed by atoms with Crippen LogP contribution < -0.4 is 0 Å². The number of benzene rings is 2. The number of aryl methyl sites for hydroxylation is 1. The molecule has 0 bridgehead atoms. The zero-order valence-electron chi connectivity index (χ0n) is 18.3. The molecular weight excluding hydrogens is 362 g/mol. The third-order valence-electron chi connectivity index (χ3n) is 5.05. The van der Waals surface area contributed by atoms with Crippen molar-refractivity contribution in [3.63, 3.8) is 0 Å². The number of ether oxygens (including phenoxy) is 1. The maximum absolute atomic E-state index is 12.4. The second kappa shape index (κ2) is 7.18. The molecule has 0 aliphatic carbocycles. The number of esters is 1. The van der Waals surface area contributed by atoms with Crippen LogP contribution in [0.2, 0.25) is 0 Å². The standard InChI is InChI=1S/C25H29NO3/c1-15-10-8-9-11-17(15)22-26-20(23(28)29-22)14-16-12-18(24(2,3)4)21(27)19(13-16)25(5,6)7/h8-14,27H,1-7H3. The van der Waals surface area contributed by atoms with Gasteiger partial charge in [-0.05, 0) is 53.2 Å². The lowest BCUT2D eigenvalue weighted by molar-refractivity contribution is -0.129. The largest absolute Gasteiger partial charge is 0.507 e. The molecule has 29 heavy (non-hydrogen) atoms. The first kappa shape index (κ1) is 20.8. The molecule has 3 rings (SSSR count). The van der Waals surface area contributed by atoms with Crippen LogP contribution in [0.5, 0.6) is 5.75 Å². The van der Waals surface area contributed by atoms with E-state index in [1.165, 1.54) is 0 Å². The van der Waals surface area contributed by atoms with Crippen molar-refractivity contribution in [2.75, 3.05) is 0 Å². The van der Waals surface area contributed by atoms with Crippen LogP contribution in [-0.4, -0.2) is 17.0 Å². The second-order valence-corrected chi connectivity index (χ2v) is 9.62. The van der Waals surface area contributed by atoms with Gasteiger partial charge in [0.1, 0.15) is 5.75 Å². The molecule has 0 aromatic heterocycles. The first-order valence-corrected chi connectivity index (χ1v) is 9.84. The molecule has 0 fully saturated rings. The lowest BCUT2D eigenvalue weighted by Crippen LogP contribution is -2.17. The zero-order chi connectivity index (χ0) is 21.6. The summed E-state index contributed by atoms with van der Waals surface area (Å²) in [6.07, 6.45) is 1.73. The number of carbonyl (C=O) groups excluding carboxylic acids is 1. The highest BCUT2D eigenvalue weighted by Gasteiger charge is 2.28. The van der Waals surface area contributed by atoms with Crippen molar-refractivity contribution in [3.8, 4) is 5.75 Å².